The van der Waals surface area contributed by atoms with Crippen molar-refractivity contribution in [3.63, 3.8) is 0 Å². The number of rotatable bonds is 8. The summed E-state index contributed by atoms with van der Waals surface area (Å²) in [5, 5.41) is 13.5. The molecule has 1 aromatic carbocycles. The van der Waals surface area contributed by atoms with Crippen molar-refractivity contribution in [2.24, 2.45) is 0 Å². The molecule has 8 heteroatoms. The van der Waals surface area contributed by atoms with Crippen molar-refractivity contribution in [2.45, 2.75) is 42.3 Å². The monoisotopic (exact) mass is 402 g/mol. The molecule has 0 spiro atoms. The van der Waals surface area contributed by atoms with Crippen LogP contribution in [0.4, 0.5) is 4.39 Å². The standard InChI is InChI=1S/C19H19FN4OS2/c20-14-5-3-13(4-6-14)17(18(25)22-15-7-8-15)27-19-23-21-12-24(19)10-9-16-2-1-11-26-16/h1-6,11-12,15,17H,7-10H2,(H,22,25). The average Bonchev–Trinajstić information content (AvgIpc) is 3.15. The van der Waals surface area contributed by atoms with Gasteiger partial charge in [-0.3, -0.25) is 4.79 Å². The molecule has 4 rings (SSSR count). The van der Waals surface area contributed by atoms with Gasteiger partial charge in [0.25, 0.3) is 0 Å². The summed E-state index contributed by atoms with van der Waals surface area (Å²) >= 11 is 3.08. The first-order valence-electron chi connectivity index (χ1n) is 8.82. The lowest BCUT2D eigenvalue weighted by atomic mass is 10.1. The van der Waals surface area contributed by atoms with Crippen LogP contribution in [0.5, 0.6) is 0 Å². The van der Waals surface area contributed by atoms with Crippen LogP contribution in [0, 0.1) is 5.82 Å². The van der Waals surface area contributed by atoms with Crippen LogP contribution in [0.2, 0.25) is 0 Å². The Bertz CT molecular complexity index is 891. The zero-order chi connectivity index (χ0) is 18.6. The van der Waals surface area contributed by atoms with Crippen molar-refractivity contribution in [1.29, 1.82) is 0 Å². The minimum absolute atomic E-state index is 0.0677. The molecule has 0 saturated heterocycles. The molecule has 140 valence electrons. The van der Waals surface area contributed by atoms with E-state index in [1.54, 1.807) is 29.8 Å². The number of nitrogens with zero attached hydrogens (tertiary/aromatic N) is 3. The molecule has 1 amide bonds. The van der Waals surface area contributed by atoms with Gasteiger partial charge < -0.3 is 9.88 Å². The topological polar surface area (TPSA) is 59.8 Å². The van der Waals surface area contributed by atoms with Crippen LogP contribution in [0.25, 0.3) is 0 Å². The number of thiophene rings is 1. The molecule has 0 aliphatic heterocycles. The zero-order valence-electron chi connectivity index (χ0n) is 14.5. The Labute approximate surface area is 165 Å². The molecular weight excluding hydrogens is 383 g/mol. The maximum Gasteiger partial charge on any atom is 0.238 e. The first kappa shape index (κ1) is 18.2. The Morgan fingerprint density at radius 2 is 2.15 bits per heavy atom. The van der Waals surface area contributed by atoms with Crippen LogP contribution >= 0.6 is 23.1 Å². The number of hydrogen-bond acceptors (Lipinski definition) is 5. The van der Waals surface area contributed by atoms with E-state index in [2.05, 4.69) is 27.0 Å². The molecule has 1 atom stereocenters. The van der Waals surface area contributed by atoms with Gasteiger partial charge in [0.05, 0.1) is 0 Å². The van der Waals surface area contributed by atoms with Crippen molar-refractivity contribution in [3.8, 4) is 0 Å². The fourth-order valence-corrected chi connectivity index (χ4v) is 4.44. The summed E-state index contributed by atoms with van der Waals surface area (Å²) in [7, 11) is 0. The number of carbonyl (C=O) groups is 1. The predicted octanol–water partition coefficient (Wildman–Crippen LogP) is 3.83. The molecule has 1 N–H and O–H groups in total. The minimum Gasteiger partial charge on any atom is -0.352 e. The van der Waals surface area contributed by atoms with E-state index < -0.39 is 5.25 Å². The van der Waals surface area contributed by atoms with Crippen LogP contribution in [-0.4, -0.2) is 26.7 Å². The highest BCUT2D eigenvalue weighted by Crippen LogP contribution is 2.35. The first-order valence-corrected chi connectivity index (χ1v) is 10.6. The molecule has 3 aromatic rings. The summed E-state index contributed by atoms with van der Waals surface area (Å²) in [5.41, 5.74) is 0.757. The van der Waals surface area contributed by atoms with Gasteiger partial charge in [0.15, 0.2) is 5.16 Å². The third-order valence-corrected chi connectivity index (χ3v) is 6.50. The summed E-state index contributed by atoms with van der Waals surface area (Å²) < 4.78 is 15.3. The summed E-state index contributed by atoms with van der Waals surface area (Å²) in [4.78, 5) is 14.1. The second-order valence-electron chi connectivity index (χ2n) is 6.47. The Kier molecular flexibility index (Phi) is 5.54. The maximum absolute atomic E-state index is 13.3. The minimum atomic E-state index is -0.490. The zero-order valence-corrected chi connectivity index (χ0v) is 16.2. The number of aryl methyl sites for hydroxylation is 2. The molecule has 2 aromatic heterocycles. The number of halogens is 1. The Hall–Kier alpha value is -2.19. The van der Waals surface area contributed by atoms with Gasteiger partial charge in [-0.1, -0.05) is 30.0 Å². The van der Waals surface area contributed by atoms with Gasteiger partial charge in [0, 0.05) is 17.5 Å². The van der Waals surface area contributed by atoms with E-state index in [1.165, 1.54) is 28.8 Å². The Morgan fingerprint density at radius 3 is 2.85 bits per heavy atom. The summed E-state index contributed by atoms with van der Waals surface area (Å²) in [6.45, 7) is 0.746. The van der Waals surface area contributed by atoms with Crippen molar-refractivity contribution in [3.05, 3.63) is 64.4 Å². The van der Waals surface area contributed by atoms with Crippen LogP contribution in [0.1, 0.15) is 28.5 Å². The second-order valence-corrected chi connectivity index (χ2v) is 8.57. The van der Waals surface area contributed by atoms with Gasteiger partial charge in [0.2, 0.25) is 5.91 Å². The molecule has 0 radical (unpaired) electrons. The molecule has 0 bridgehead atoms. The van der Waals surface area contributed by atoms with Crippen LogP contribution in [0.15, 0.2) is 53.3 Å². The quantitative estimate of drug-likeness (QED) is 0.582. The van der Waals surface area contributed by atoms with Gasteiger partial charge >= 0.3 is 0 Å². The largest absolute Gasteiger partial charge is 0.352 e. The van der Waals surface area contributed by atoms with Gasteiger partial charge in [0.1, 0.15) is 17.4 Å². The molecule has 1 unspecified atom stereocenters. The summed E-state index contributed by atoms with van der Waals surface area (Å²) in [6.07, 6.45) is 4.61. The van der Waals surface area contributed by atoms with E-state index in [0.717, 1.165) is 31.4 Å². The summed E-state index contributed by atoms with van der Waals surface area (Å²) in [5.74, 6) is -0.383. The number of thioether (sulfide) groups is 1. The Morgan fingerprint density at radius 1 is 1.33 bits per heavy atom. The average molecular weight is 403 g/mol. The van der Waals surface area contributed by atoms with Crippen LogP contribution in [0.3, 0.4) is 0 Å². The lowest BCUT2D eigenvalue weighted by molar-refractivity contribution is -0.120. The smallest absolute Gasteiger partial charge is 0.238 e. The number of amides is 1. The highest BCUT2D eigenvalue weighted by Gasteiger charge is 2.30. The van der Waals surface area contributed by atoms with Gasteiger partial charge in [-0.05, 0) is 48.4 Å². The fourth-order valence-electron chi connectivity index (χ4n) is 2.69. The SMILES string of the molecule is O=C(NC1CC1)C(Sc1nncn1CCc1cccs1)c1ccc(F)cc1. The number of nitrogens with one attached hydrogen (secondary N) is 1. The third-order valence-electron chi connectivity index (χ3n) is 4.32. The van der Waals surface area contributed by atoms with Crippen molar-refractivity contribution >= 4 is 29.0 Å². The highest BCUT2D eigenvalue weighted by atomic mass is 32.2. The number of carbonyl (C=O) groups excluding carboxylic acids is 1. The van der Waals surface area contributed by atoms with Gasteiger partial charge in [-0.25, -0.2) is 4.39 Å². The van der Waals surface area contributed by atoms with E-state index >= 15 is 0 Å². The molecule has 1 saturated carbocycles. The van der Waals surface area contributed by atoms with Crippen molar-refractivity contribution in [1.82, 2.24) is 20.1 Å². The van der Waals surface area contributed by atoms with E-state index in [1.807, 2.05) is 10.6 Å². The van der Waals surface area contributed by atoms with Gasteiger partial charge in [-0.2, -0.15) is 0 Å². The molecule has 1 aliphatic carbocycles. The lowest BCUT2D eigenvalue weighted by Gasteiger charge is -2.17. The lowest BCUT2D eigenvalue weighted by Crippen LogP contribution is -2.30. The fraction of sp³-hybridized carbons (Fsp3) is 0.316. The second kappa shape index (κ2) is 8.22. The number of hydrogen-bond donors (Lipinski definition) is 1. The molecule has 27 heavy (non-hydrogen) atoms. The molecule has 5 nitrogen and oxygen atoms in total. The van der Waals surface area contributed by atoms with Crippen molar-refractivity contribution < 1.29 is 9.18 Å². The van der Waals surface area contributed by atoms with E-state index in [-0.39, 0.29) is 17.8 Å². The Balaban J connectivity index is 1.51. The van der Waals surface area contributed by atoms with Crippen LogP contribution in [-0.2, 0) is 17.8 Å². The molecule has 1 aliphatic rings. The molecular formula is C19H19FN4OS2. The first-order chi connectivity index (χ1) is 13.2. The number of aromatic nitrogens is 3. The molecule has 1 fully saturated rings. The molecule has 2 heterocycles. The maximum atomic E-state index is 13.3. The van der Waals surface area contributed by atoms with E-state index in [9.17, 15) is 9.18 Å². The van der Waals surface area contributed by atoms with E-state index in [0.29, 0.717) is 5.16 Å². The predicted molar refractivity (Wildman–Crippen MR) is 104 cm³/mol. The third kappa shape index (κ3) is 4.75. The van der Waals surface area contributed by atoms with Crippen molar-refractivity contribution in [2.75, 3.05) is 0 Å². The van der Waals surface area contributed by atoms with Gasteiger partial charge in [-0.15, -0.1) is 21.5 Å². The highest BCUT2D eigenvalue weighted by molar-refractivity contribution is 8.00. The van der Waals surface area contributed by atoms with Crippen LogP contribution < -0.4 is 5.32 Å². The number of benzene rings is 1. The summed E-state index contributed by atoms with van der Waals surface area (Å²) in [6, 6.07) is 10.5. The normalized spacial score (nSPS) is 14.9. The van der Waals surface area contributed by atoms with E-state index in [4.69, 9.17) is 0 Å².